The maximum Gasteiger partial charge on any atom is 0.290 e. The predicted molar refractivity (Wildman–Crippen MR) is 165 cm³/mol. The summed E-state index contributed by atoms with van der Waals surface area (Å²) in [6, 6.07) is 16.5. The van der Waals surface area contributed by atoms with Gasteiger partial charge in [-0.05, 0) is 73.4 Å². The van der Waals surface area contributed by atoms with Gasteiger partial charge in [-0.2, -0.15) is 5.10 Å². The highest BCUT2D eigenvalue weighted by molar-refractivity contribution is 6.31. The van der Waals surface area contributed by atoms with Gasteiger partial charge in [0.05, 0.1) is 18.1 Å². The molecule has 0 radical (unpaired) electrons. The van der Waals surface area contributed by atoms with Crippen LogP contribution in [0.4, 0.5) is 5.69 Å². The van der Waals surface area contributed by atoms with E-state index in [1.54, 1.807) is 45.9 Å². The van der Waals surface area contributed by atoms with Gasteiger partial charge >= 0.3 is 0 Å². The molecule has 5 aromatic rings. The number of aromatic nitrogens is 4. The minimum atomic E-state index is -1.01. The molecule has 11 heteroatoms. The summed E-state index contributed by atoms with van der Waals surface area (Å²) in [7, 11) is 1.88. The summed E-state index contributed by atoms with van der Waals surface area (Å²) >= 11 is 6.59. The Bertz CT molecular complexity index is 1800. The van der Waals surface area contributed by atoms with E-state index in [4.69, 9.17) is 16.1 Å². The van der Waals surface area contributed by atoms with Crippen molar-refractivity contribution in [2.75, 3.05) is 5.32 Å². The number of nitrogens with one attached hydrogen (secondary N) is 2. The Labute approximate surface area is 253 Å². The quantitative estimate of drug-likeness (QED) is 0.233. The Morgan fingerprint density at radius 2 is 1.72 bits per heavy atom. The second kappa shape index (κ2) is 12.5. The average molecular weight is 599 g/mol. The van der Waals surface area contributed by atoms with Crippen molar-refractivity contribution in [1.29, 1.82) is 0 Å². The van der Waals surface area contributed by atoms with Gasteiger partial charge in [-0.25, -0.2) is 0 Å². The summed E-state index contributed by atoms with van der Waals surface area (Å²) in [5.41, 5.74) is 5.72. The van der Waals surface area contributed by atoms with E-state index in [1.807, 2.05) is 52.1 Å². The average Bonchev–Trinajstić information content (AvgIpc) is 3.64. The van der Waals surface area contributed by atoms with E-state index in [2.05, 4.69) is 20.9 Å². The number of hydrogen-bond acceptors (Lipinski definition) is 6. The molecule has 10 nitrogen and oxygen atoms in total. The first-order valence-electron chi connectivity index (χ1n) is 13.7. The van der Waals surface area contributed by atoms with Crippen molar-refractivity contribution >= 4 is 29.1 Å². The highest BCUT2D eigenvalue weighted by Gasteiger charge is 2.25. The third-order valence-electron chi connectivity index (χ3n) is 7.13. The second-order valence-electron chi connectivity index (χ2n) is 10.5. The number of pyridine rings is 1. The van der Waals surface area contributed by atoms with Crippen molar-refractivity contribution in [1.82, 2.24) is 24.8 Å². The van der Waals surface area contributed by atoms with E-state index in [1.165, 1.54) is 18.3 Å². The smallest absolute Gasteiger partial charge is 0.290 e. The van der Waals surface area contributed by atoms with Crippen molar-refractivity contribution in [3.63, 3.8) is 0 Å². The Balaban J connectivity index is 1.42. The van der Waals surface area contributed by atoms with Gasteiger partial charge in [0, 0.05) is 54.1 Å². The molecule has 220 valence electrons. The topological polar surface area (TPSA) is 124 Å². The number of amides is 2. The van der Waals surface area contributed by atoms with Crippen LogP contribution in [0.5, 0.6) is 0 Å². The molecule has 0 fully saturated rings. The van der Waals surface area contributed by atoms with Crippen molar-refractivity contribution in [3.05, 3.63) is 112 Å². The summed E-state index contributed by atoms with van der Waals surface area (Å²) in [4.78, 5) is 38.8. The maximum absolute atomic E-state index is 13.6. The van der Waals surface area contributed by atoms with Crippen LogP contribution in [-0.4, -0.2) is 37.4 Å². The lowest BCUT2D eigenvalue weighted by atomic mass is 9.99. The second-order valence-corrected chi connectivity index (χ2v) is 10.9. The molecule has 2 N–H and O–H groups in total. The molecule has 2 aromatic carbocycles. The number of aryl methyl sites for hydroxylation is 2. The van der Waals surface area contributed by atoms with Gasteiger partial charge in [0.1, 0.15) is 6.04 Å². The Morgan fingerprint density at radius 3 is 2.37 bits per heavy atom. The minimum absolute atomic E-state index is 0.0131. The summed E-state index contributed by atoms with van der Waals surface area (Å²) in [6.07, 6.45) is 5.04. The molecular formula is C32H31ClN6O4. The molecule has 43 heavy (non-hydrogen) atoms. The van der Waals surface area contributed by atoms with Gasteiger partial charge in [0.2, 0.25) is 11.7 Å². The van der Waals surface area contributed by atoms with Gasteiger partial charge in [-0.1, -0.05) is 35.0 Å². The summed E-state index contributed by atoms with van der Waals surface area (Å²) in [5.74, 6) is -1.05. The molecule has 2 amide bonds. The molecule has 0 unspecified atom stereocenters. The van der Waals surface area contributed by atoms with Gasteiger partial charge in [0.15, 0.2) is 0 Å². The number of carbonyl (C=O) groups is 2. The Morgan fingerprint density at radius 1 is 1.00 bits per heavy atom. The molecule has 1 atom stereocenters. The zero-order chi connectivity index (χ0) is 30.7. The normalized spacial score (nSPS) is 11.9. The first kappa shape index (κ1) is 29.5. The van der Waals surface area contributed by atoms with Crippen molar-refractivity contribution < 1.29 is 14.1 Å². The lowest BCUT2D eigenvalue weighted by Gasteiger charge is -2.19. The van der Waals surface area contributed by atoms with Crippen molar-refractivity contribution in [2.24, 2.45) is 7.05 Å². The molecule has 0 bridgehead atoms. The fraction of sp³-hybridized carbons (Fsp3) is 0.219. The van der Waals surface area contributed by atoms with Gasteiger partial charge in [-0.15, -0.1) is 0 Å². The molecule has 0 aliphatic rings. The molecule has 0 saturated carbocycles. The van der Waals surface area contributed by atoms with E-state index in [0.717, 1.165) is 27.9 Å². The molecule has 0 spiro atoms. The van der Waals surface area contributed by atoms with E-state index in [-0.39, 0.29) is 23.8 Å². The number of anilines is 1. The minimum Gasteiger partial charge on any atom is -0.351 e. The van der Waals surface area contributed by atoms with Crippen LogP contribution in [0.25, 0.3) is 22.4 Å². The summed E-state index contributed by atoms with van der Waals surface area (Å²) < 4.78 is 8.45. The van der Waals surface area contributed by atoms with Crippen LogP contribution in [0.2, 0.25) is 5.02 Å². The number of nitrogens with zero attached hydrogens (tertiary/aromatic N) is 4. The number of benzene rings is 2. The third-order valence-corrected chi connectivity index (χ3v) is 7.50. The zero-order valence-corrected chi connectivity index (χ0v) is 24.9. The molecule has 3 heterocycles. The summed E-state index contributed by atoms with van der Waals surface area (Å²) in [5, 5.41) is 14.0. The number of rotatable bonds is 9. The predicted octanol–water partition coefficient (Wildman–Crippen LogP) is 5.43. The first-order chi connectivity index (χ1) is 20.6. The largest absolute Gasteiger partial charge is 0.351 e. The highest BCUT2D eigenvalue weighted by atomic mass is 35.5. The lowest BCUT2D eigenvalue weighted by Crippen LogP contribution is -2.45. The molecular weight excluding hydrogens is 568 g/mol. The first-order valence-corrected chi connectivity index (χ1v) is 14.1. The fourth-order valence-electron chi connectivity index (χ4n) is 4.88. The number of carbonyl (C=O) groups excluding carboxylic acids is 2. The third kappa shape index (κ3) is 6.60. The SMILES string of the molecule is Cc1cnn(C)c1-c1ccc(NC(=O)[C@H](Cc2cc(-c3ccc(=O)n(C(C)C)c3)ccc2Cl)NC(=O)c2ccno2)cc1. The standard InChI is InChI=1S/C32H31ClN6O4/c1-19(2)39-18-23(8-12-29(39)40)22-7-11-26(33)24(15-22)16-27(37-32(42)28-13-14-35-43-28)31(41)36-25-9-5-21(6-10-25)30-20(3)17-34-38(30)4/h5-15,17-19,27H,16H2,1-4H3,(H,36,41)(H,37,42)/t27-/m0/s1. The van der Waals surface area contributed by atoms with Crippen LogP contribution in [0.15, 0.2) is 88.6 Å². The number of halogens is 1. The van der Waals surface area contributed by atoms with Crippen LogP contribution in [0, 0.1) is 6.92 Å². The van der Waals surface area contributed by atoms with Crippen LogP contribution < -0.4 is 16.2 Å². The van der Waals surface area contributed by atoms with Crippen molar-refractivity contribution in [2.45, 2.75) is 39.3 Å². The Hall–Kier alpha value is -4.96. The van der Waals surface area contributed by atoms with Crippen molar-refractivity contribution in [3.8, 4) is 22.4 Å². The van der Waals surface area contributed by atoms with E-state index in [9.17, 15) is 14.4 Å². The van der Waals surface area contributed by atoms with Crippen LogP contribution >= 0.6 is 11.6 Å². The lowest BCUT2D eigenvalue weighted by molar-refractivity contribution is -0.118. The van der Waals surface area contributed by atoms with Crippen LogP contribution in [0.1, 0.15) is 41.6 Å². The number of hydrogen-bond donors (Lipinski definition) is 2. The molecule has 3 aromatic heterocycles. The molecule has 0 aliphatic carbocycles. The zero-order valence-electron chi connectivity index (χ0n) is 24.2. The summed E-state index contributed by atoms with van der Waals surface area (Å²) in [6.45, 7) is 5.86. The van der Waals surface area contributed by atoms with E-state index in [0.29, 0.717) is 16.3 Å². The van der Waals surface area contributed by atoms with E-state index >= 15 is 0 Å². The Kier molecular flexibility index (Phi) is 8.58. The van der Waals surface area contributed by atoms with E-state index < -0.39 is 17.9 Å². The van der Waals surface area contributed by atoms with Crippen LogP contribution in [-0.2, 0) is 18.3 Å². The maximum atomic E-state index is 13.6. The van der Waals surface area contributed by atoms with Gasteiger partial charge in [-0.3, -0.25) is 19.1 Å². The fourth-order valence-corrected chi connectivity index (χ4v) is 5.08. The highest BCUT2D eigenvalue weighted by Crippen LogP contribution is 2.27. The monoisotopic (exact) mass is 598 g/mol. The molecule has 0 saturated heterocycles. The van der Waals surface area contributed by atoms with Gasteiger partial charge < -0.3 is 19.7 Å². The van der Waals surface area contributed by atoms with Gasteiger partial charge in [0.25, 0.3) is 11.5 Å². The molecule has 0 aliphatic heterocycles. The van der Waals surface area contributed by atoms with Crippen LogP contribution in [0.3, 0.4) is 0 Å². The molecule has 5 rings (SSSR count).